The lowest BCUT2D eigenvalue weighted by Crippen LogP contribution is -2.66. The molecule has 0 saturated heterocycles. The minimum atomic E-state index is -0.00488. The van der Waals surface area contributed by atoms with E-state index in [0.29, 0.717) is 12.1 Å². The Morgan fingerprint density at radius 3 is 2.30 bits per heavy atom. The molecule has 2 atom stereocenters. The van der Waals surface area contributed by atoms with Crippen LogP contribution < -0.4 is 16.4 Å². The van der Waals surface area contributed by atoms with Gasteiger partial charge < -0.3 is 16.4 Å². The largest absolute Gasteiger partial charge is 0.335 e. The van der Waals surface area contributed by atoms with Crippen molar-refractivity contribution in [2.75, 3.05) is 0 Å². The van der Waals surface area contributed by atoms with Crippen molar-refractivity contribution >= 4 is 6.03 Å². The lowest BCUT2D eigenvalue weighted by molar-refractivity contribution is -0.0351. The first kappa shape index (κ1) is 17.5. The minimum absolute atomic E-state index is 0.00488. The van der Waals surface area contributed by atoms with E-state index in [1.54, 1.807) is 0 Å². The van der Waals surface area contributed by atoms with Crippen LogP contribution in [0.5, 0.6) is 0 Å². The Bertz CT molecular complexity index is 681. The van der Waals surface area contributed by atoms with Crippen LogP contribution in [0.3, 0.4) is 0 Å². The highest BCUT2D eigenvalue weighted by molar-refractivity contribution is 5.75. The number of hydrogen-bond donors (Lipinski definition) is 3. The van der Waals surface area contributed by atoms with E-state index in [2.05, 4.69) is 41.0 Å². The highest BCUT2D eigenvalue weighted by atomic mass is 16.2. The SMILES string of the molecule is N[C@H]1CC[C@H](NC(=O)NC23CC4CC(C2)CC(c2ccccc2)(C4)C3)CC1. The molecular weight excluding hydrogens is 334 g/mol. The number of benzene rings is 1. The summed E-state index contributed by atoms with van der Waals surface area (Å²) in [6.07, 6.45) is 11.5. The van der Waals surface area contributed by atoms with E-state index in [9.17, 15) is 4.79 Å². The maximum Gasteiger partial charge on any atom is 0.315 e. The molecule has 5 aliphatic carbocycles. The van der Waals surface area contributed by atoms with Crippen LogP contribution in [0.2, 0.25) is 0 Å². The lowest BCUT2D eigenvalue weighted by Gasteiger charge is -2.62. The molecule has 27 heavy (non-hydrogen) atoms. The van der Waals surface area contributed by atoms with Gasteiger partial charge in [0, 0.05) is 17.6 Å². The Morgan fingerprint density at radius 1 is 0.963 bits per heavy atom. The summed E-state index contributed by atoms with van der Waals surface area (Å²) in [7, 11) is 0. The molecule has 6 rings (SSSR count). The minimum Gasteiger partial charge on any atom is -0.335 e. The molecule has 5 aliphatic rings. The first-order valence-corrected chi connectivity index (χ1v) is 10.9. The monoisotopic (exact) mass is 367 g/mol. The van der Waals surface area contributed by atoms with E-state index < -0.39 is 0 Å². The quantitative estimate of drug-likeness (QED) is 0.760. The van der Waals surface area contributed by atoms with Crippen molar-refractivity contribution in [2.24, 2.45) is 17.6 Å². The molecule has 1 aromatic carbocycles. The molecule has 2 amide bonds. The fraction of sp³-hybridized carbons (Fsp3) is 0.696. The molecule has 5 fully saturated rings. The van der Waals surface area contributed by atoms with Gasteiger partial charge in [-0.3, -0.25) is 0 Å². The van der Waals surface area contributed by atoms with Gasteiger partial charge in [0.15, 0.2) is 0 Å². The van der Waals surface area contributed by atoms with Crippen molar-refractivity contribution < 1.29 is 4.79 Å². The van der Waals surface area contributed by atoms with Gasteiger partial charge in [0.1, 0.15) is 0 Å². The molecule has 4 nitrogen and oxygen atoms in total. The average Bonchev–Trinajstić information content (AvgIpc) is 2.63. The van der Waals surface area contributed by atoms with E-state index in [0.717, 1.165) is 43.9 Å². The van der Waals surface area contributed by atoms with Crippen molar-refractivity contribution in [1.29, 1.82) is 0 Å². The normalized spacial score (nSPS) is 42.7. The third-order valence-electron chi connectivity index (χ3n) is 7.93. The third-order valence-corrected chi connectivity index (χ3v) is 7.93. The van der Waals surface area contributed by atoms with Gasteiger partial charge in [-0.2, -0.15) is 0 Å². The molecule has 0 aliphatic heterocycles. The van der Waals surface area contributed by atoms with E-state index in [1.165, 1.54) is 37.7 Å². The molecule has 0 aromatic heterocycles. The zero-order chi connectivity index (χ0) is 18.5. The number of carbonyl (C=O) groups excluding carboxylic acids is 1. The number of rotatable bonds is 3. The summed E-state index contributed by atoms with van der Waals surface area (Å²) in [6.45, 7) is 0. The molecule has 0 heterocycles. The van der Waals surface area contributed by atoms with Crippen LogP contribution in [-0.4, -0.2) is 23.7 Å². The molecule has 4 N–H and O–H groups in total. The molecule has 2 unspecified atom stereocenters. The Balaban J connectivity index is 1.31. The lowest BCUT2D eigenvalue weighted by atomic mass is 9.45. The predicted molar refractivity (Wildman–Crippen MR) is 107 cm³/mol. The summed E-state index contributed by atoms with van der Waals surface area (Å²) in [5, 5.41) is 6.76. The predicted octanol–water partition coefficient (Wildman–Crippen LogP) is 3.85. The van der Waals surface area contributed by atoms with Gasteiger partial charge in [0.25, 0.3) is 0 Å². The van der Waals surface area contributed by atoms with E-state index in [1.807, 2.05) is 0 Å². The third kappa shape index (κ3) is 3.26. The highest BCUT2D eigenvalue weighted by Crippen LogP contribution is 2.62. The summed E-state index contributed by atoms with van der Waals surface area (Å²) in [4.78, 5) is 12.9. The van der Waals surface area contributed by atoms with E-state index in [4.69, 9.17) is 5.73 Å². The van der Waals surface area contributed by atoms with Gasteiger partial charge in [-0.05, 0) is 87.0 Å². The fourth-order valence-corrected chi connectivity index (χ4v) is 7.26. The van der Waals surface area contributed by atoms with E-state index in [-0.39, 0.29) is 17.0 Å². The molecule has 4 heteroatoms. The number of hydrogen-bond acceptors (Lipinski definition) is 2. The molecule has 0 spiro atoms. The first-order valence-electron chi connectivity index (χ1n) is 10.9. The second kappa shape index (κ2) is 6.51. The number of carbonyl (C=O) groups is 1. The maximum absolute atomic E-state index is 12.9. The highest BCUT2D eigenvalue weighted by Gasteiger charge is 2.58. The molecule has 146 valence electrons. The maximum atomic E-state index is 12.9. The Kier molecular flexibility index (Phi) is 4.23. The summed E-state index contributed by atoms with van der Waals surface area (Å²) >= 11 is 0. The van der Waals surface area contributed by atoms with Gasteiger partial charge >= 0.3 is 6.03 Å². The number of nitrogens with two attached hydrogens (primary N) is 1. The molecule has 1 aromatic rings. The van der Waals surface area contributed by atoms with Crippen LogP contribution in [0.15, 0.2) is 30.3 Å². The standard InChI is InChI=1S/C23H33N3O/c24-19-6-8-20(9-7-19)25-21(27)26-23-13-16-10-17(14-23)12-22(11-16,15-23)18-4-2-1-3-5-18/h1-5,16-17,19-20H,6-15,24H2,(H2,25,26,27)/t16?,17?,19-,20-,22?,23?. The van der Waals surface area contributed by atoms with Gasteiger partial charge in [-0.15, -0.1) is 0 Å². The molecule has 5 saturated carbocycles. The Hall–Kier alpha value is -1.55. The van der Waals surface area contributed by atoms with Gasteiger partial charge in [-0.1, -0.05) is 30.3 Å². The summed E-state index contributed by atoms with van der Waals surface area (Å²) < 4.78 is 0. The summed E-state index contributed by atoms with van der Waals surface area (Å²) in [5.74, 6) is 1.53. The summed E-state index contributed by atoms with van der Waals surface area (Å²) in [5.41, 5.74) is 7.77. The van der Waals surface area contributed by atoms with Crippen molar-refractivity contribution in [3.63, 3.8) is 0 Å². The number of urea groups is 1. The number of amides is 2. The van der Waals surface area contributed by atoms with Crippen LogP contribution in [0.25, 0.3) is 0 Å². The first-order chi connectivity index (χ1) is 13.0. The Labute approximate surface area is 162 Å². The van der Waals surface area contributed by atoms with E-state index >= 15 is 0 Å². The van der Waals surface area contributed by atoms with Crippen LogP contribution >= 0.6 is 0 Å². The van der Waals surface area contributed by atoms with Crippen LogP contribution in [0.1, 0.15) is 69.8 Å². The smallest absolute Gasteiger partial charge is 0.315 e. The molecular formula is C23H33N3O. The second-order valence-corrected chi connectivity index (χ2v) is 10.1. The van der Waals surface area contributed by atoms with Crippen LogP contribution in [0, 0.1) is 11.8 Å². The van der Waals surface area contributed by atoms with Crippen molar-refractivity contribution in [3.05, 3.63) is 35.9 Å². The van der Waals surface area contributed by atoms with Gasteiger partial charge in [0.05, 0.1) is 0 Å². The molecule has 0 radical (unpaired) electrons. The zero-order valence-electron chi connectivity index (χ0n) is 16.3. The van der Waals surface area contributed by atoms with Crippen LogP contribution in [-0.2, 0) is 5.41 Å². The fourth-order valence-electron chi connectivity index (χ4n) is 7.26. The van der Waals surface area contributed by atoms with Crippen molar-refractivity contribution in [3.8, 4) is 0 Å². The molecule has 4 bridgehead atoms. The number of nitrogens with one attached hydrogen (secondary N) is 2. The second-order valence-electron chi connectivity index (χ2n) is 10.1. The van der Waals surface area contributed by atoms with Gasteiger partial charge in [-0.25, -0.2) is 4.79 Å². The van der Waals surface area contributed by atoms with Crippen molar-refractivity contribution in [2.45, 2.75) is 87.2 Å². The average molecular weight is 368 g/mol. The zero-order valence-corrected chi connectivity index (χ0v) is 16.3. The summed E-state index contributed by atoms with van der Waals surface area (Å²) in [6, 6.07) is 11.8. The van der Waals surface area contributed by atoms with Gasteiger partial charge in [0.2, 0.25) is 0 Å². The topological polar surface area (TPSA) is 67.1 Å². The van der Waals surface area contributed by atoms with Crippen LogP contribution in [0.4, 0.5) is 4.79 Å². The van der Waals surface area contributed by atoms with Crippen molar-refractivity contribution in [1.82, 2.24) is 10.6 Å². The Morgan fingerprint density at radius 2 is 1.63 bits per heavy atom.